The van der Waals surface area contributed by atoms with E-state index in [1.807, 2.05) is 6.07 Å². The second-order valence-electron chi connectivity index (χ2n) is 5.18. The van der Waals surface area contributed by atoms with Crippen molar-refractivity contribution in [2.24, 2.45) is 5.92 Å². The highest BCUT2D eigenvalue weighted by atomic mass is 19.1. The summed E-state index contributed by atoms with van der Waals surface area (Å²) in [5.74, 6) is -0.251. The topological polar surface area (TPSA) is 52.9 Å². The molecule has 21 heavy (non-hydrogen) atoms. The molecule has 0 aliphatic heterocycles. The Balaban J connectivity index is 1.65. The molecule has 104 valence electrons. The molecule has 1 aliphatic rings. The minimum Gasteiger partial charge on any atom is -0.326 e. The first-order chi connectivity index (χ1) is 10.2. The number of nitrogens with zero attached hydrogens (tertiary/aromatic N) is 1. The van der Waals surface area contributed by atoms with Gasteiger partial charge in [-0.3, -0.25) is 4.79 Å². The van der Waals surface area contributed by atoms with Crippen LogP contribution in [0.15, 0.2) is 48.5 Å². The molecule has 2 unspecified atom stereocenters. The molecule has 2 atom stereocenters. The van der Waals surface area contributed by atoms with Gasteiger partial charge in [-0.05, 0) is 48.2 Å². The molecule has 4 heteroatoms. The fourth-order valence-electron chi connectivity index (χ4n) is 2.46. The monoisotopic (exact) mass is 280 g/mol. The van der Waals surface area contributed by atoms with Crippen LogP contribution in [0.5, 0.6) is 0 Å². The first-order valence-corrected chi connectivity index (χ1v) is 6.74. The molecular weight excluding hydrogens is 267 g/mol. The zero-order chi connectivity index (χ0) is 14.8. The van der Waals surface area contributed by atoms with Gasteiger partial charge in [0.05, 0.1) is 11.6 Å². The summed E-state index contributed by atoms with van der Waals surface area (Å²) in [7, 11) is 0. The van der Waals surface area contributed by atoms with Gasteiger partial charge in [0, 0.05) is 11.6 Å². The van der Waals surface area contributed by atoms with Gasteiger partial charge < -0.3 is 5.32 Å². The van der Waals surface area contributed by atoms with Crippen molar-refractivity contribution in [1.82, 2.24) is 0 Å². The maximum atomic E-state index is 12.9. The SMILES string of the molecule is N#Cc1cccc(NC(=O)C2CC2c2ccc(F)cc2)c1. The van der Waals surface area contributed by atoms with E-state index in [9.17, 15) is 9.18 Å². The highest BCUT2D eigenvalue weighted by molar-refractivity contribution is 5.95. The average Bonchev–Trinajstić information content (AvgIpc) is 3.29. The predicted octanol–water partition coefficient (Wildman–Crippen LogP) is 3.44. The molecule has 0 bridgehead atoms. The Morgan fingerprint density at radius 2 is 2.00 bits per heavy atom. The van der Waals surface area contributed by atoms with Crippen molar-refractivity contribution in [3.8, 4) is 6.07 Å². The molecule has 0 heterocycles. The molecule has 3 rings (SSSR count). The number of anilines is 1. The lowest BCUT2D eigenvalue weighted by molar-refractivity contribution is -0.117. The molecule has 0 saturated heterocycles. The van der Waals surface area contributed by atoms with Gasteiger partial charge in [-0.1, -0.05) is 18.2 Å². The van der Waals surface area contributed by atoms with E-state index >= 15 is 0 Å². The minimum absolute atomic E-state index is 0.0561. The summed E-state index contributed by atoms with van der Waals surface area (Å²) in [5.41, 5.74) is 2.13. The number of hydrogen-bond donors (Lipinski definition) is 1. The molecule has 1 aliphatic carbocycles. The Morgan fingerprint density at radius 1 is 1.24 bits per heavy atom. The van der Waals surface area contributed by atoms with E-state index in [4.69, 9.17) is 5.26 Å². The van der Waals surface area contributed by atoms with E-state index in [0.717, 1.165) is 12.0 Å². The number of amides is 1. The molecule has 1 N–H and O–H groups in total. The van der Waals surface area contributed by atoms with Crippen LogP contribution in [0.1, 0.15) is 23.5 Å². The molecule has 1 amide bonds. The van der Waals surface area contributed by atoms with Gasteiger partial charge >= 0.3 is 0 Å². The lowest BCUT2D eigenvalue weighted by Crippen LogP contribution is -2.14. The average molecular weight is 280 g/mol. The highest BCUT2D eigenvalue weighted by Gasteiger charge is 2.43. The van der Waals surface area contributed by atoms with Crippen LogP contribution in [-0.4, -0.2) is 5.91 Å². The molecule has 3 nitrogen and oxygen atoms in total. The Labute approximate surface area is 122 Å². The summed E-state index contributed by atoms with van der Waals surface area (Å²) < 4.78 is 12.9. The number of benzene rings is 2. The Morgan fingerprint density at radius 3 is 2.71 bits per heavy atom. The van der Waals surface area contributed by atoms with Crippen molar-refractivity contribution in [3.63, 3.8) is 0 Å². The first kappa shape index (κ1) is 13.3. The van der Waals surface area contributed by atoms with Crippen LogP contribution in [0.3, 0.4) is 0 Å². The molecule has 0 radical (unpaired) electrons. The van der Waals surface area contributed by atoms with Crippen LogP contribution in [0, 0.1) is 23.1 Å². The number of nitriles is 1. The van der Waals surface area contributed by atoms with Crippen LogP contribution in [0.2, 0.25) is 0 Å². The molecule has 1 saturated carbocycles. The number of nitrogens with one attached hydrogen (secondary N) is 1. The third-order valence-corrected chi connectivity index (χ3v) is 3.68. The van der Waals surface area contributed by atoms with Gasteiger partial charge in [0.1, 0.15) is 5.82 Å². The lowest BCUT2D eigenvalue weighted by Gasteiger charge is -2.05. The second kappa shape index (κ2) is 5.37. The Kier molecular flexibility index (Phi) is 3.41. The normalized spacial score (nSPS) is 19.6. The third kappa shape index (κ3) is 2.92. The van der Waals surface area contributed by atoms with Crippen LogP contribution in [0.4, 0.5) is 10.1 Å². The van der Waals surface area contributed by atoms with Gasteiger partial charge in [-0.25, -0.2) is 4.39 Å². The van der Waals surface area contributed by atoms with Crippen molar-refractivity contribution < 1.29 is 9.18 Å². The predicted molar refractivity (Wildman–Crippen MR) is 77.0 cm³/mol. The lowest BCUT2D eigenvalue weighted by atomic mass is 10.1. The van der Waals surface area contributed by atoms with E-state index < -0.39 is 0 Å². The van der Waals surface area contributed by atoms with E-state index in [0.29, 0.717) is 11.3 Å². The van der Waals surface area contributed by atoms with Gasteiger partial charge in [-0.2, -0.15) is 5.26 Å². The van der Waals surface area contributed by atoms with Crippen molar-refractivity contribution in [2.45, 2.75) is 12.3 Å². The molecule has 2 aromatic rings. The molecule has 2 aromatic carbocycles. The maximum absolute atomic E-state index is 12.9. The highest BCUT2D eigenvalue weighted by Crippen LogP contribution is 2.47. The van der Waals surface area contributed by atoms with Crippen molar-refractivity contribution >= 4 is 11.6 Å². The van der Waals surface area contributed by atoms with Gasteiger partial charge in [0.15, 0.2) is 0 Å². The standard InChI is InChI=1S/C17H13FN2O/c18-13-6-4-12(5-7-13)15-9-16(15)17(21)20-14-3-1-2-11(8-14)10-19/h1-8,15-16H,9H2,(H,20,21). The third-order valence-electron chi connectivity index (χ3n) is 3.68. The van der Waals surface area contributed by atoms with E-state index in [1.54, 1.807) is 36.4 Å². The van der Waals surface area contributed by atoms with Crippen LogP contribution < -0.4 is 5.32 Å². The summed E-state index contributed by atoms with van der Waals surface area (Å²) in [5, 5.41) is 11.7. The number of halogens is 1. The van der Waals surface area contributed by atoms with Gasteiger partial charge in [0.25, 0.3) is 0 Å². The Bertz CT molecular complexity index is 718. The largest absolute Gasteiger partial charge is 0.326 e. The Hall–Kier alpha value is -2.67. The van der Waals surface area contributed by atoms with Crippen LogP contribution in [0.25, 0.3) is 0 Å². The number of carbonyl (C=O) groups excluding carboxylic acids is 1. The zero-order valence-corrected chi connectivity index (χ0v) is 11.2. The maximum Gasteiger partial charge on any atom is 0.228 e. The van der Waals surface area contributed by atoms with Crippen molar-refractivity contribution in [3.05, 3.63) is 65.5 Å². The molecule has 1 fully saturated rings. The van der Waals surface area contributed by atoms with Crippen LogP contribution >= 0.6 is 0 Å². The minimum atomic E-state index is -0.270. The van der Waals surface area contributed by atoms with Crippen LogP contribution in [-0.2, 0) is 4.79 Å². The van der Waals surface area contributed by atoms with E-state index in [2.05, 4.69) is 5.32 Å². The summed E-state index contributed by atoms with van der Waals surface area (Å²) in [6.45, 7) is 0. The van der Waals surface area contributed by atoms with Crippen molar-refractivity contribution in [1.29, 1.82) is 5.26 Å². The van der Waals surface area contributed by atoms with Gasteiger partial charge in [-0.15, -0.1) is 0 Å². The molecule has 0 aromatic heterocycles. The molecular formula is C17H13FN2O. The second-order valence-corrected chi connectivity index (χ2v) is 5.18. The number of carbonyl (C=O) groups is 1. The first-order valence-electron chi connectivity index (χ1n) is 6.74. The summed E-state index contributed by atoms with van der Waals surface area (Å²) in [6.07, 6.45) is 0.773. The fourth-order valence-corrected chi connectivity index (χ4v) is 2.46. The van der Waals surface area contributed by atoms with Crippen molar-refractivity contribution in [2.75, 3.05) is 5.32 Å². The fraction of sp³-hybridized carbons (Fsp3) is 0.176. The summed E-state index contributed by atoms with van der Waals surface area (Å²) in [6, 6.07) is 15.1. The van der Waals surface area contributed by atoms with E-state index in [1.165, 1.54) is 12.1 Å². The number of hydrogen-bond acceptors (Lipinski definition) is 2. The zero-order valence-electron chi connectivity index (χ0n) is 11.2. The quantitative estimate of drug-likeness (QED) is 0.936. The summed E-state index contributed by atoms with van der Waals surface area (Å²) in [4.78, 5) is 12.2. The number of rotatable bonds is 3. The van der Waals surface area contributed by atoms with E-state index in [-0.39, 0.29) is 23.6 Å². The van der Waals surface area contributed by atoms with Gasteiger partial charge in [0.2, 0.25) is 5.91 Å². The summed E-state index contributed by atoms with van der Waals surface area (Å²) >= 11 is 0. The smallest absolute Gasteiger partial charge is 0.228 e. The molecule has 0 spiro atoms.